The molecule has 7 nitrogen and oxygen atoms in total. The Labute approximate surface area is 109 Å². The molecule has 18 heavy (non-hydrogen) atoms. The van der Waals surface area contributed by atoms with Gasteiger partial charge in [0.2, 0.25) is 0 Å². The number of anilines is 1. The van der Waals surface area contributed by atoms with Crippen LogP contribution in [0.5, 0.6) is 0 Å². The zero-order chi connectivity index (χ0) is 13.5. The van der Waals surface area contributed by atoms with Gasteiger partial charge in [0.25, 0.3) is 0 Å². The highest BCUT2D eigenvalue weighted by Crippen LogP contribution is 2.12. The van der Waals surface area contributed by atoms with Gasteiger partial charge in [0.15, 0.2) is 0 Å². The van der Waals surface area contributed by atoms with E-state index in [9.17, 15) is 9.59 Å². The Kier molecular flexibility index (Phi) is 5.50. The monoisotopic (exact) mass is 272 g/mol. The van der Waals surface area contributed by atoms with Crippen molar-refractivity contribution in [3.63, 3.8) is 0 Å². The van der Waals surface area contributed by atoms with Crippen LogP contribution in [0.1, 0.15) is 26.7 Å². The first-order valence-corrected chi connectivity index (χ1v) is 6.35. The van der Waals surface area contributed by atoms with Crippen molar-refractivity contribution in [1.82, 2.24) is 14.5 Å². The van der Waals surface area contributed by atoms with Gasteiger partial charge in [-0.3, -0.25) is 10.1 Å². The number of amides is 2. The molecule has 0 aromatic carbocycles. The summed E-state index contributed by atoms with van der Waals surface area (Å²) in [5, 5.41) is 15.4. The molecule has 0 fully saturated rings. The standard InChI is InChI=1S/C10H16N4O3S/c1-7(2)14(5-3-4-9(15)16)10(17)12-8-6-11-13-18-8/h6-7H,3-5H2,1-2H3,(H,12,17)(H,15,16). The van der Waals surface area contributed by atoms with Gasteiger partial charge >= 0.3 is 12.0 Å². The first-order valence-electron chi connectivity index (χ1n) is 5.57. The number of carbonyl (C=O) groups excluding carboxylic acids is 1. The van der Waals surface area contributed by atoms with Crippen molar-refractivity contribution < 1.29 is 14.7 Å². The Balaban J connectivity index is 2.50. The Hall–Kier alpha value is -1.70. The number of aromatic nitrogens is 2. The zero-order valence-electron chi connectivity index (χ0n) is 10.3. The lowest BCUT2D eigenvalue weighted by Crippen LogP contribution is -2.40. The van der Waals surface area contributed by atoms with E-state index in [1.807, 2.05) is 13.8 Å². The molecule has 0 aliphatic carbocycles. The van der Waals surface area contributed by atoms with Gasteiger partial charge in [-0.05, 0) is 20.3 Å². The number of urea groups is 1. The topological polar surface area (TPSA) is 95.4 Å². The average molecular weight is 272 g/mol. The molecule has 8 heteroatoms. The third-order valence-electron chi connectivity index (χ3n) is 2.27. The van der Waals surface area contributed by atoms with Crippen molar-refractivity contribution in [2.75, 3.05) is 11.9 Å². The second-order valence-corrected chi connectivity index (χ2v) is 4.78. The van der Waals surface area contributed by atoms with Gasteiger partial charge in [-0.1, -0.05) is 4.49 Å². The number of rotatable bonds is 6. The molecular formula is C10H16N4O3S. The molecule has 1 aromatic rings. The molecule has 0 bridgehead atoms. The fraction of sp³-hybridized carbons (Fsp3) is 0.600. The summed E-state index contributed by atoms with van der Waals surface area (Å²) in [6.07, 6.45) is 1.96. The van der Waals surface area contributed by atoms with Crippen molar-refractivity contribution in [3.8, 4) is 0 Å². The van der Waals surface area contributed by atoms with E-state index in [0.29, 0.717) is 18.0 Å². The lowest BCUT2D eigenvalue weighted by Gasteiger charge is -2.26. The predicted molar refractivity (Wildman–Crippen MR) is 67.6 cm³/mol. The number of aliphatic carboxylic acids is 1. The molecule has 0 radical (unpaired) electrons. The van der Waals surface area contributed by atoms with Crippen LogP contribution >= 0.6 is 11.5 Å². The van der Waals surface area contributed by atoms with Gasteiger partial charge in [0.1, 0.15) is 5.00 Å². The minimum Gasteiger partial charge on any atom is -0.481 e. The Morgan fingerprint density at radius 2 is 2.28 bits per heavy atom. The van der Waals surface area contributed by atoms with Crippen LogP contribution in [0, 0.1) is 0 Å². The van der Waals surface area contributed by atoms with E-state index < -0.39 is 5.97 Å². The lowest BCUT2D eigenvalue weighted by molar-refractivity contribution is -0.137. The van der Waals surface area contributed by atoms with Crippen LogP contribution in [0.2, 0.25) is 0 Å². The molecule has 0 aliphatic heterocycles. The smallest absolute Gasteiger partial charge is 0.322 e. The molecule has 1 aromatic heterocycles. The fourth-order valence-corrected chi connectivity index (χ4v) is 1.80. The number of nitrogens with zero attached hydrogens (tertiary/aromatic N) is 3. The molecule has 1 rings (SSSR count). The minimum atomic E-state index is -0.856. The summed E-state index contributed by atoms with van der Waals surface area (Å²) in [6, 6.07) is -0.263. The van der Waals surface area contributed by atoms with Gasteiger partial charge in [0.05, 0.1) is 6.20 Å². The third-order valence-corrected chi connectivity index (χ3v) is 2.85. The molecule has 0 saturated carbocycles. The van der Waals surface area contributed by atoms with Crippen LogP contribution in [0.4, 0.5) is 9.80 Å². The van der Waals surface area contributed by atoms with Gasteiger partial charge < -0.3 is 10.0 Å². The maximum Gasteiger partial charge on any atom is 0.322 e. The summed E-state index contributed by atoms with van der Waals surface area (Å²) < 4.78 is 3.65. The van der Waals surface area contributed by atoms with Crippen LogP contribution in [0.3, 0.4) is 0 Å². The van der Waals surface area contributed by atoms with Crippen LogP contribution in [0.25, 0.3) is 0 Å². The summed E-state index contributed by atoms with van der Waals surface area (Å²) >= 11 is 1.10. The molecule has 0 unspecified atom stereocenters. The highest BCUT2D eigenvalue weighted by Gasteiger charge is 2.17. The van der Waals surface area contributed by atoms with E-state index in [4.69, 9.17) is 5.11 Å². The first-order chi connectivity index (χ1) is 8.50. The van der Waals surface area contributed by atoms with Gasteiger partial charge in [-0.15, -0.1) is 5.10 Å². The van der Waals surface area contributed by atoms with E-state index in [-0.39, 0.29) is 18.5 Å². The number of nitrogens with one attached hydrogen (secondary N) is 1. The molecule has 0 atom stereocenters. The molecule has 100 valence electrons. The van der Waals surface area contributed by atoms with Crippen molar-refractivity contribution in [1.29, 1.82) is 0 Å². The molecule has 0 saturated heterocycles. The summed E-state index contributed by atoms with van der Waals surface area (Å²) in [6.45, 7) is 4.17. The van der Waals surface area contributed by atoms with Gasteiger partial charge in [0, 0.05) is 30.5 Å². The van der Waals surface area contributed by atoms with E-state index >= 15 is 0 Å². The van der Waals surface area contributed by atoms with Crippen LogP contribution in [-0.2, 0) is 4.79 Å². The first kappa shape index (κ1) is 14.4. The summed E-state index contributed by atoms with van der Waals surface area (Å²) in [4.78, 5) is 24.0. The predicted octanol–water partition coefficient (Wildman–Crippen LogP) is 1.65. The summed E-state index contributed by atoms with van der Waals surface area (Å²) in [7, 11) is 0. The maximum absolute atomic E-state index is 11.9. The minimum absolute atomic E-state index is 0.000300. The van der Waals surface area contributed by atoms with Crippen LogP contribution in [-0.4, -0.2) is 44.2 Å². The highest BCUT2D eigenvalue weighted by atomic mass is 32.1. The van der Waals surface area contributed by atoms with Crippen molar-refractivity contribution in [2.24, 2.45) is 0 Å². The van der Waals surface area contributed by atoms with Crippen LogP contribution < -0.4 is 5.32 Å². The quantitative estimate of drug-likeness (QED) is 0.820. The average Bonchev–Trinajstić information content (AvgIpc) is 2.75. The normalized spacial score (nSPS) is 10.4. The zero-order valence-corrected chi connectivity index (χ0v) is 11.1. The third kappa shape index (κ3) is 4.66. The maximum atomic E-state index is 11.9. The van der Waals surface area contributed by atoms with E-state index in [2.05, 4.69) is 14.9 Å². The van der Waals surface area contributed by atoms with Crippen LogP contribution in [0.15, 0.2) is 6.20 Å². The van der Waals surface area contributed by atoms with E-state index in [1.54, 1.807) is 4.90 Å². The highest BCUT2D eigenvalue weighted by molar-refractivity contribution is 7.10. The number of hydrogen-bond acceptors (Lipinski definition) is 5. The van der Waals surface area contributed by atoms with Crippen molar-refractivity contribution in [2.45, 2.75) is 32.7 Å². The second kappa shape index (κ2) is 6.90. The molecule has 2 N–H and O–H groups in total. The number of carboxylic acids is 1. The molecular weight excluding hydrogens is 256 g/mol. The summed E-state index contributed by atoms with van der Waals surface area (Å²) in [5.41, 5.74) is 0. The number of carboxylic acid groups (broad SMARTS) is 1. The number of carbonyl (C=O) groups is 2. The molecule has 0 aliphatic rings. The molecule has 2 amide bonds. The van der Waals surface area contributed by atoms with E-state index in [1.165, 1.54) is 6.20 Å². The SMILES string of the molecule is CC(C)N(CCCC(=O)O)C(=O)Nc1cnns1. The molecule has 0 spiro atoms. The van der Waals surface area contributed by atoms with E-state index in [0.717, 1.165) is 11.5 Å². The number of hydrogen-bond donors (Lipinski definition) is 2. The Morgan fingerprint density at radius 3 is 2.78 bits per heavy atom. The van der Waals surface area contributed by atoms with Gasteiger partial charge in [-0.25, -0.2) is 4.79 Å². The Morgan fingerprint density at radius 1 is 1.56 bits per heavy atom. The summed E-state index contributed by atoms with van der Waals surface area (Å²) in [5.74, 6) is -0.856. The van der Waals surface area contributed by atoms with Crippen molar-refractivity contribution >= 4 is 28.5 Å². The largest absolute Gasteiger partial charge is 0.481 e. The molecule has 1 heterocycles. The second-order valence-electron chi connectivity index (χ2n) is 4.00. The lowest BCUT2D eigenvalue weighted by atomic mass is 10.2. The fourth-order valence-electron chi connectivity index (χ4n) is 1.39. The van der Waals surface area contributed by atoms with Crippen molar-refractivity contribution in [3.05, 3.63) is 6.20 Å². The van der Waals surface area contributed by atoms with Gasteiger partial charge in [-0.2, -0.15) is 0 Å². The Bertz CT molecular complexity index is 394.